The fraction of sp³-hybridized carbons (Fsp3) is 0.500. The first-order valence-electron chi connectivity index (χ1n) is 3.43. The van der Waals surface area contributed by atoms with E-state index in [9.17, 15) is 0 Å². The Kier molecular flexibility index (Phi) is 1.19. The van der Waals surface area contributed by atoms with E-state index in [4.69, 9.17) is 9.47 Å². The first-order valence-corrected chi connectivity index (χ1v) is 3.43. The Morgan fingerprint density at radius 2 is 1.10 bits per heavy atom. The van der Waals surface area contributed by atoms with Gasteiger partial charge in [0.15, 0.2) is 0 Å². The number of fused-ring (bicyclic) bond motifs is 4. The van der Waals surface area contributed by atoms with Gasteiger partial charge in [-0.05, 0) is 0 Å². The molecule has 3 rings (SSSR count). The first kappa shape index (κ1) is 6.13. The summed E-state index contributed by atoms with van der Waals surface area (Å²) in [5.41, 5.74) is 0. The third-order valence-corrected chi connectivity index (χ3v) is 1.94. The molecule has 1 saturated carbocycles. The first-order chi connectivity index (χ1) is 4.88. The second-order valence-electron chi connectivity index (χ2n) is 2.60. The van der Waals surface area contributed by atoms with E-state index in [-0.39, 0.29) is 0 Å². The Balaban J connectivity index is 0.0000000917. The molecule has 2 heteroatoms. The van der Waals surface area contributed by atoms with Gasteiger partial charge in [-0.2, -0.15) is 0 Å². The molecular formula is C8H10O2. The normalized spacial score (nSPS) is 50.0. The van der Waals surface area contributed by atoms with Gasteiger partial charge in [-0.25, -0.2) is 0 Å². The predicted octanol–water partition coefficient (Wildman–Crippen LogP) is 0.893. The maximum atomic E-state index is 5.06. The van der Waals surface area contributed by atoms with Gasteiger partial charge in [-0.3, -0.25) is 0 Å². The molecule has 0 atom stereocenters. The number of hydrogen-bond acceptors (Lipinski definition) is 2. The lowest BCUT2D eigenvalue weighted by molar-refractivity contribution is 0.272. The second-order valence-corrected chi connectivity index (χ2v) is 2.60. The second kappa shape index (κ2) is 1.94. The van der Waals surface area contributed by atoms with Crippen LogP contribution in [0.1, 0.15) is 0 Å². The van der Waals surface area contributed by atoms with Crippen molar-refractivity contribution in [1.29, 1.82) is 0 Å². The van der Waals surface area contributed by atoms with Gasteiger partial charge in [0, 0.05) is 0 Å². The predicted molar refractivity (Wildman–Crippen MR) is 37.7 cm³/mol. The van der Waals surface area contributed by atoms with Crippen molar-refractivity contribution in [2.75, 3.05) is 0 Å². The maximum Gasteiger partial charge on any atom is 0.116 e. The molecule has 3 aliphatic rings. The minimum atomic E-state index is 0.551. The molecule has 0 amide bonds. The molecule has 0 N–H and O–H groups in total. The minimum Gasteiger partial charge on any atom is -0.364 e. The molecule has 2 heterocycles. The Morgan fingerprint density at radius 1 is 0.800 bits per heavy atom. The lowest BCUT2D eigenvalue weighted by atomic mass is 10.0. The van der Waals surface area contributed by atoms with Crippen LogP contribution in [-0.2, 0) is 9.47 Å². The van der Waals surface area contributed by atoms with E-state index in [2.05, 4.69) is 13.2 Å². The summed E-state index contributed by atoms with van der Waals surface area (Å²) in [7, 11) is 0. The highest BCUT2D eigenvalue weighted by atomic mass is 16.7. The molecule has 0 spiro atoms. The van der Waals surface area contributed by atoms with Gasteiger partial charge in [-0.15, -0.1) is 0 Å². The van der Waals surface area contributed by atoms with Crippen LogP contribution in [0.15, 0.2) is 25.3 Å². The molecule has 54 valence electrons. The van der Waals surface area contributed by atoms with Crippen LogP contribution in [0.5, 0.6) is 0 Å². The molecule has 1 aliphatic carbocycles. The Hall–Kier alpha value is -0.600. The van der Waals surface area contributed by atoms with Gasteiger partial charge in [0.1, 0.15) is 24.4 Å². The van der Waals surface area contributed by atoms with E-state index in [0.29, 0.717) is 24.4 Å². The molecule has 0 aromatic heterocycles. The molecular weight excluding hydrogens is 128 g/mol. The number of ether oxygens (including phenoxy) is 2. The van der Waals surface area contributed by atoms with Crippen LogP contribution in [0.2, 0.25) is 0 Å². The number of rotatable bonds is 1. The van der Waals surface area contributed by atoms with Crippen molar-refractivity contribution in [3.63, 3.8) is 0 Å². The van der Waals surface area contributed by atoms with Crippen LogP contribution in [0.4, 0.5) is 0 Å². The van der Waals surface area contributed by atoms with Crippen LogP contribution in [0.25, 0.3) is 0 Å². The number of allylic oxidation sites excluding steroid dienone is 2. The van der Waals surface area contributed by atoms with Crippen molar-refractivity contribution in [2.24, 2.45) is 0 Å². The van der Waals surface area contributed by atoms with E-state index >= 15 is 0 Å². The summed E-state index contributed by atoms with van der Waals surface area (Å²) in [6, 6.07) is 0. The van der Waals surface area contributed by atoms with Gasteiger partial charge in [0.2, 0.25) is 0 Å². The summed E-state index contributed by atoms with van der Waals surface area (Å²) in [6.07, 6.45) is 5.48. The monoisotopic (exact) mass is 138 g/mol. The fourth-order valence-corrected chi connectivity index (χ4v) is 1.18. The average molecular weight is 138 g/mol. The Labute approximate surface area is 60.1 Å². The van der Waals surface area contributed by atoms with Crippen LogP contribution < -0.4 is 0 Å². The largest absolute Gasteiger partial charge is 0.364 e. The summed E-state index contributed by atoms with van der Waals surface area (Å²) >= 11 is 0. The Morgan fingerprint density at radius 3 is 1.20 bits per heavy atom. The third kappa shape index (κ3) is 0.728. The van der Waals surface area contributed by atoms with Crippen molar-refractivity contribution < 1.29 is 9.47 Å². The lowest BCUT2D eigenvalue weighted by Gasteiger charge is -1.88. The van der Waals surface area contributed by atoms with E-state index in [1.807, 2.05) is 0 Å². The highest BCUT2D eigenvalue weighted by Crippen LogP contribution is 2.56. The molecule has 0 bridgehead atoms. The van der Waals surface area contributed by atoms with E-state index in [1.165, 1.54) is 0 Å². The smallest absolute Gasteiger partial charge is 0.116 e. The zero-order valence-corrected chi connectivity index (χ0v) is 5.69. The molecule has 0 radical (unpaired) electrons. The van der Waals surface area contributed by atoms with Gasteiger partial charge in [-0.1, -0.05) is 25.3 Å². The van der Waals surface area contributed by atoms with Gasteiger partial charge in [0.25, 0.3) is 0 Å². The average Bonchev–Trinajstić information content (AvgIpc) is 2.72. The zero-order chi connectivity index (χ0) is 7.14. The van der Waals surface area contributed by atoms with Crippen LogP contribution >= 0.6 is 0 Å². The summed E-state index contributed by atoms with van der Waals surface area (Å²) in [5, 5.41) is 0. The van der Waals surface area contributed by atoms with Crippen molar-refractivity contribution >= 4 is 0 Å². The summed E-state index contributed by atoms with van der Waals surface area (Å²) in [5.74, 6) is 0. The number of hydrogen-bond donors (Lipinski definition) is 0. The molecule has 10 heavy (non-hydrogen) atoms. The molecule has 0 unspecified atom stereocenters. The SMILES string of the molecule is C=CC=C.O1C2C1C1OC21. The standard InChI is InChI=1S/C4H4O2.C4H6/c5-1-2(5)4-3(1)6-4;1-3-4-2/h1-4H;3-4H,1-2H2. The maximum absolute atomic E-state index is 5.06. The third-order valence-electron chi connectivity index (χ3n) is 1.94. The summed E-state index contributed by atoms with van der Waals surface area (Å²) in [4.78, 5) is 0. The van der Waals surface area contributed by atoms with Gasteiger partial charge >= 0.3 is 0 Å². The van der Waals surface area contributed by atoms with Crippen LogP contribution in [0, 0.1) is 0 Å². The summed E-state index contributed by atoms with van der Waals surface area (Å²) in [6.45, 7) is 6.72. The molecule has 0 aromatic carbocycles. The zero-order valence-electron chi connectivity index (χ0n) is 5.69. The Bertz CT molecular complexity index is 136. The fourth-order valence-electron chi connectivity index (χ4n) is 1.18. The molecule has 3 fully saturated rings. The topological polar surface area (TPSA) is 25.1 Å². The number of epoxide rings is 2. The van der Waals surface area contributed by atoms with Crippen molar-refractivity contribution in [2.45, 2.75) is 24.4 Å². The van der Waals surface area contributed by atoms with Gasteiger partial charge in [0.05, 0.1) is 0 Å². The van der Waals surface area contributed by atoms with E-state index < -0.39 is 0 Å². The molecule has 2 saturated heterocycles. The van der Waals surface area contributed by atoms with Crippen molar-refractivity contribution in [3.05, 3.63) is 25.3 Å². The van der Waals surface area contributed by atoms with Crippen LogP contribution in [0.3, 0.4) is 0 Å². The van der Waals surface area contributed by atoms with Gasteiger partial charge < -0.3 is 9.47 Å². The summed E-state index contributed by atoms with van der Waals surface area (Å²) < 4.78 is 10.1. The van der Waals surface area contributed by atoms with Crippen molar-refractivity contribution in [1.82, 2.24) is 0 Å². The van der Waals surface area contributed by atoms with Crippen LogP contribution in [-0.4, -0.2) is 24.4 Å². The molecule has 0 aromatic rings. The molecule has 2 aliphatic heterocycles. The highest BCUT2D eigenvalue weighted by molar-refractivity contribution is 5.22. The van der Waals surface area contributed by atoms with Crippen molar-refractivity contribution in [3.8, 4) is 0 Å². The van der Waals surface area contributed by atoms with E-state index in [0.717, 1.165) is 0 Å². The minimum absolute atomic E-state index is 0.551. The van der Waals surface area contributed by atoms with E-state index in [1.54, 1.807) is 12.2 Å². The highest BCUT2D eigenvalue weighted by Gasteiger charge is 2.76. The molecule has 2 nitrogen and oxygen atoms in total. The lowest BCUT2D eigenvalue weighted by Crippen LogP contribution is -2.20. The quantitative estimate of drug-likeness (QED) is 0.397.